The van der Waals surface area contributed by atoms with E-state index in [1.165, 1.54) is 23.0 Å². The third kappa shape index (κ3) is 8.20. The van der Waals surface area contributed by atoms with Crippen molar-refractivity contribution in [2.24, 2.45) is 0 Å². The summed E-state index contributed by atoms with van der Waals surface area (Å²) < 4.78 is 0. The summed E-state index contributed by atoms with van der Waals surface area (Å²) >= 11 is 1.34. The first-order valence-corrected chi connectivity index (χ1v) is 12.4. The summed E-state index contributed by atoms with van der Waals surface area (Å²) in [5.41, 5.74) is 4.54. The molecule has 0 aromatic heterocycles. The van der Waals surface area contributed by atoms with Crippen LogP contribution >= 0.6 is 11.8 Å². The molecule has 2 aromatic rings. The van der Waals surface area contributed by atoms with Crippen molar-refractivity contribution in [3.8, 4) is 0 Å². The number of hydrogen-bond donors (Lipinski definition) is 2. The van der Waals surface area contributed by atoms with Gasteiger partial charge in [-0.25, -0.2) is 0 Å². The van der Waals surface area contributed by atoms with Crippen LogP contribution in [0.1, 0.15) is 17.5 Å². The van der Waals surface area contributed by atoms with Gasteiger partial charge in [-0.3, -0.25) is 14.5 Å². The molecule has 1 fully saturated rings. The van der Waals surface area contributed by atoms with E-state index in [-0.39, 0.29) is 17.6 Å². The van der Waals surface area contributed by atoms with E-state index >= 15 is 0 Å². The largest absolute Gasteiger partial charge is 0.369 e. The van der Waals surface area contributed by atoms with E-state index in [4.69, 9.17) is 0 Å². The molecule has 32 heavy (non-hydrogen) atoms. The van der Waals surface area contributed by atoms with E-state index in [0.717, 1.165) is 50.4 Å². The topological polar surface area (TPSA) is 64.7 Å². The third-order valence-corrected chi connectivity index (χ3v) is 6.45. The molecule has 0 spiro atoms. The molecule has 1 aliphatic rings. The van der Waals surface area contributed by atoms with Gasteiger partial charge in [0.25, 0.3) is 0 Å². The summed E-state index contributed by atoms with van der Waals surface area (Å²) in [4.78, 5) is 28.9. The highest BCUT2D eigenvalue weighted by atomic mass is 32.2. The van der Waals surface area contributed by atoms with E-state index in [1.54, 1.807) is 0 Å². The van der Waals surface area contributed by atoms with Crippen molar-refractivity contribution in [2.45, 2.75) is 20.3 Å². The Bertz CT molecular complexity index is 880. The number of thioether (sulfide) groups is 1. The Morgan fingerprint density at radius 2 is 1.62 bits per heavy atom. The molecule has 1 saturated heterocycles. The van der Waals surface area contributed by atoms with Crippen molar-refractivity contribution in [1.29, 1.82) is 0 Å². The second kappa shape index (κ2) is 12.5. The molecule has 2 N–H and O–H groups in total. The Labute approximate surface area is 195 Å². The predicted octanol–water partition coefficient (Wildman–Crippen LogP) is 3.30. The van der Waals surface area contributed by atoms with Crippen molar-refractivity contribution < 1.29 is 9.59 Å². The maximum atomic E-state index is 12.0. The van der Waals surface area contributed by atoms with Gasteiger partial charge >= 0.3 is 0 Å². The van der Waals surface area contributed by atoms with Gasteiger partial charge in [-0.05, 0) is 56.6 Å². The molecule has 6 nitrogen and oxygen atoms in total. The molecule has 3 rings (SSSR count). The molecule has 0 radical (unpaired) electrons. The van der Waals surface area contributed by atoms with Gasteiger partial charge in [-0.2, -0.15) is 0 Å². The lowest BCUT2D eigenvalue weighted by Gasteiger charge is -2.36. The Kier molecular flexibility index (Phi) is 9.43. The van der Waals surface area contributed by atoms with Crippen LogP contribution in [0.4, 0.5) is 11.4 Å². The highest BCUT2D eigenvalue weighted by Crippen LogP contribution is 2.17. The maximum Gasteiger partial charge on any atom is 0.234 e. The number of rotatable bonds is 10. The van der Waals surface area contributed by atoms with Crippen LogP contribution in [0.3, 0.4) is 0 Å². The fourth-order valence-corrected chi connectivity index (χ4v) is 4.35. The minimum atomic E-state index is -0.0866. The lowest BCUT2D eigenvalue weighted by atomic mass is 10.2. The first-order valence-electron chi connectivity index (χ1n) is 11.2. The summed E-state index contributed by atoms with van der Waals surface area (Å²) in [5.74, 6) is 0.474. The molecule has 0 unspecified atom stereocenters. The quantitative estimate of drug-likeness (QED) is 0.540. The first kappa shape index (κ1) is 24.1. The third-order valence-electron chi connectivity index (χ3n) is 5.51. The van der Waals surface area contributed by atoms with Gasteiger partial charge in [0.2, 0.25) is 11.8 Å². The van der Waals surface area contributed by atoms with Crippen LogP contribution in [-0.2, 0) is 9.59 Å². The van der Waals surface area contributed by atoms with Crippen molar-refractivity contribution in [1.82, 2.24) is 10.2 Å². The fraction of sp³-hybridized carbons (Fsp3) is 0.440. The van der Waals surface area contributed by atoms with Gasteiger partial charge in [0.15, 0.2) is 0 Å². The lowest BCUT2D eigenvalue weighted by Crippen LogP contribution is -2.47. The monoisotopic (exact) mass is 454 g/mol. The number of piperazine rings is 1. The normalized spacial score (nSPS) is 14.2. The second-order valence-electron chi connectivity index (χ2n) is 8.28. The van der Waals surface area contributed by atoms with E-state index in [9.17, 15) is 9.59 Å². The number of aryl methyl sites for hydroxylation is 2. The maximum absolute atomic E-state index is 12.0. The number of nitrogens with zero attached hydrogens (tertiary/aromatic N) is 2. The number of hydrogen-bond acceptors (Lipinski definition) is 5. The molecule has 0 aliphatic carbocycles. The molecule has 0 atom stereocenters. The van der Waals surface area contributed by atoms with Crippen LogP contribution in [0.25, 0.3) is 0 Å². The summed E-state index contributed by atoms with van der Waals surface area (Å²) in [5, 5.41) is 5.81. The number of carbonyl (C=O) groups excluding carboxylic acids is 2. The standard InChI is InChI=1S/C25H34N4O2S/c1-20-7-9-22(10-8-20)27-25(31)19-32-18-24(30)26-11-4-12-28-13-15-29(16-14-28)23-6-3-5-21(2)17-23/h3,5-10,17H,4,11-16,18-19H2,1-2H3,(H,26,30)(H,27,31). The van der Waals surface area contributed by atoms with Crippen LogP contribution in [0.5, 0.6) is 0 Å². The molecular weight excluding hydrogens is 420 g/mol. The van der Waals surface area contributed by atoms with E-state index in [2.05, 4.69) is 51.6 Å². The highest BCUT2D eigenvalue weighted by Gasteiger charge is 2.16. The van der Waals surface area contributed by atoms with Crippen molar-refractivity contribution >= 4 is 35.0 Å². The van der Waals surface area contributed by atoms with E-state index < -0.39 is 0 Å². The van der Waals surface area contributed by atoms with Gasteiger partial charge < -0.3 is 15.5 Å². The summed E-state index contributed by atoms with van der Waals surface area (Å²) in [6.45, 7) is 9.98. The predicted molar refractivity (Wildman–Crippen MR) is 135 cm³/mol. The summed E-state index contributed by atoms with van der Waals surface area (Å²) in [6.07, 6.45) is 0.939. The first-order chi connectivity index (χ1) is 15.5. The van der Waals surface area contributed by atoms with Gasteiger partial charge in [-0.1, -0.05) is 29.8 Å². The molecule has 2 aromatic carbocycles. The summed E-state index contributed by atoms with van der Waals surface area (Å²) in [6, 6.07) is 16.4. The van der Waals surface area contributed by atoms with Crippen molar-refractivity contribution in [3.05, 3.63) is 59.7 Å². The molecule has 1 heterocycles. The average Bonchev–Trinajstić information content (AvgIpc) is 2.79. The Morgan fingerprint density at radius 3 is 2.34 bits per heavy atom. The van der Waals surface area contributed by atoms with Gasteiger partial charge in [-0.15, -0.1) is 11.8 Å². The van der Waals surface area contributed by atoms with Crippen LogP contribution in [0.15, 0.2) is 48.5 Å². The molecule has 172 valence electrons. The zero-order valence-electron chi connectivity index (χ0n) is 19.1. The van der Waals surface area contributed by atoms with Crippen LogP contribution in [-0.4, -0.2) is 67.5 Å². The van der Waals surface area contributed by atoms with Crippen molar-refractivity contribution in [2.75, 3.05) is 61.0 Å². The molecule has 0 saturated carbocycles. The van der Waals surface area contributed by atoms with E-state index in [0.29, 0.717) is 12.3 Å². The zero-order valence-corrected chi connectivity index (χ0v) is 19.9. The van der Waals surface area contributed by atoms with E-state index in [1.807, 2.05) is 31.2 Å². The Balaban J connectivity index is 1.22. The van der Waals surface area contributed by atoms with Gasteiger partial charge in [0.1, 0.15) is 0 Å². The van der Waals surface area contributed by atoms with Crippen molar-refractivity contribution in [3.63, 3.8) is 0 Å². The number of anilines is 2. The van der Waals surface area contributed by atoms with Crippen LogP contribution < -0.4 is 15.5 Å². The number of carbonyl (C=O) groups is 2. The zero-order chi connectivity index (χ0) is 22.8. The fourth-order valence-electron chi connectivity index (χ4n) is 3.71. The lowest BCUT2D eigenvalue weighted by molar-refractivity contribution is -0.118. The molecule has 2 amide bonds. The SMILES string of the molecule is Cc1ccc(NC(=O)CSCC(=O)NCCCN2CCN(c3cccc(C)c3)CC2)cc1. The van der Waals surface area contributed by atoms with Crippen LogP contribution in [0.2, 0.25) is 0 Å². The second-order valence-corrected chi connectivity index (χ2v) is 9.26. The molecule has 0 bridgehead atoms. The molecule has 1 aliphatic heterocycles. The van der Waals surface area contributed by atoms with Gasteiger partial charge in [0, 0.05) is 44.1 Å². The van der Waals surface area contributed by atoms with Crippen LogP contribution in [0, 0.1) is 13.8 Å². The smallest absolute Gasteiger partial charge is 0.234 e. The minimum Gasteiger partial charge on any atom is -0.369 e. The molecule has 7 heteroatoms. The number of nitrogens with one attached hydrogen (secondary N) is 2. The summed E-state index contributed by atoms with van der Waals surface area (Å²) in [7, 11) is 0. The number of benzene rings is 2. The molecular formula is C25H34N4O2S. The Hall–Kier alpha value is -2.51. The highest BCUT2D eigenvalue weighted by molar-refractivity contribution is 8.00. The minimum absolute atomic E-state index is 0.0117. The Morgan fingerprint density at radius 1 is 0.906 bits per heavy atom. The number of amides is 2. The van der Waals surface area contributed by atoms with Gasteiger partial charge in [0.05, 0.1) is 11.5 Å². The average molecular weight is 455 g/mol.